The van der Waals surface area contributed by atoms with E-state index in [0.29, 0.717) is 11.2 Å². The summed E-state index contributed by atoms with van der Waals surface area (Å²) in [5, 5.41) is 14.5. The number of nitro benzene ring substituents is 1. The fourth-order valence-electron chi connectivity index (χ4n) is 3.76. The zero-order valence-corrected chi connectivity index (χ0v) is 14.9. The summed E-state index contributed by atoms with van der Waals surface area (Å²) in [7, 11) is 1.47. The lowest BCUT2D eigenvalue weighted by Gasteiger charge is -2.45. The first-order valence-corrected chi connectivity index (χ1v) is 8.82. The third kappa shape index (κ3) is 3.30. The van der Waals surface area contributed by atoms with Gasteiger partial charge in [0.25, 0.3) is 0 Å². The van der Waals surface area contributed by atoms with E-state index in [0.717, 1.165) is 36.3 Å². The van der Waals surface area contributed by atoms with Crippen LogP contribution in [-0.4, -0.2) is 38.2 Å². The van der Waals surface area contributed by atoms with Gasteiger partial charge in [-0.25, -0.2) is 0 Å². The molecule has 0 bridgehead atoms. The Morgan fingerprint density at radius 3 is 2.48 bits per heavy atom. The molecule has 7 heteroatoms. The van der Waals surface area contributed by atoms with Crippen LogP contribution in [0.3, 0.4) is 0 Å². The quantitative estimate of drug-likeness (QED) is 0.640. The first kappa shape index (κ1) is 16.5. The molecule has 1 aromatic rings. The molecule has 1 spiro atoms. The van der Waals surface area contributed by atoms with Crippen LogP contribution < -0.4 is 15.0 Å². The van der Waals surface area contributed by atoms with E-state index < -0.39 is 4.92 Å². The van der Waals surface area contributed by atoms with E-state index in [1.54, 1.807) is 12.1 Å². The van der Waals surface area contributed by atoms with Crippen LogP contribution in [0.5, 0.6) is 5.75 Å². The van der Waals surface area contributed by atoms with Crippen molar-refractivity contribution >= 4 is 27.3 Å². The molecule has 0 aliphatic carbocycles. The number of halogens is 1. The van der Waals surface area contributed by atoms with Gasteiger partial charge >= 0.3 is 5.69 Å². The van der Waals surface area contributed by atoms with Gasteiger partial charge in [-0.15, -0.1) is 0 Å². The maximum absolute atomic E-state index is 11.1. The minimum absolute atomic E-state index is 0.00467. The minimum Gasteiger partial charge on any atom is -0.490 e. The van der Waals surface area contributed by atoms with Crippen LogP contribution in [0.2, 0.25) is 0 Å². The molecule has 2 fully saturated rings. The summed E-state index contributed by atoms with van der Waals surface area (Å²) in [6, 6.07) is 3.33. The second kappa shape index (κ2) is 6.65. The lowest BCUT2D eigenvalue weighted by Crippen LogP contribution is -2.45. The highest BCUT2D eigenvalue weighted by molar-refractivity contribution is 9.10. The lowest BCUT2D eigenvalue weighted by molar-refractivity contribution is -0.385. The van der Waals surface area contributed by atoms with Crippen LogP contribution in [0.1, 0.15) is 25.7 Å². The van der Waals surface area contributed by atoms with Gasteiger partial charge in [0.05, 0.1) is 17.7 Å². The number of piperidine rings is 2. The van der Waals surface area contributed by atoms with Gasteiger partial charge in [0.15, 0.2) is 5.75 Å². The first-order chi connectivity index (χ1) is 11.0. The Balaban J connectivity index is 1.79. The summed E-state index contributed by atoms with van der Waals surface area (Å²) in [5.41, 5.74) is 1.46. The van der Waals surface area contributed by atoms with Crippen LogP contribution in [0, 0.1) is 15.5 Å². The molecule has 0 atom stereocenters. The molecule has 23 heavy (non-hydrogen) atoms. The molecule has 2 aliphatic rings. The highest BCUT2D eigenvalue weighted by Crippen LogP contribution is 2.43. The second-order valence-electron chi connectivity index (χ2n) is 6.47. The highest BCUT2D eigenvalue weighted by Gasteiger charge is 2.36. The van der Waals surface area contributed by atoms with Crippen molar-refractivity contribution in [2.45, 2.75) is 25.7 Å². The Hall–Kier alpha value is -1.34. The molecule has 1 N–H and O–H groups in total. The van der Waals surface area contributed by atoms with Gasteiger partial charge in [0.1, 0.15) is 0 Å². The van der Waals surface area contributed by atoms with Gasteiger partial charge in [0, 0.05) is 29.7 Å². The molecule has 6 nitrogen and oxygen atoms in total. The molecule has 2 saturated heterocycles. The summed E-state index contributed by atoms with van der Waals surface area (Å²) in [4.78, 5) is 13.0. The summed E-state index contributed by atoms with van der Waals surface area (Å²) in [6.07, 6.45) is 4.87. The van der Waals surface area contributed by atoms with E-state index in [2.05, 4.69) is 26.1 Å². The Labute approximate surface area is 144 Å². The van der Waals surface area contributed by atoms with Gasteiger partial charge in [0.2, 0.25) is 0 Å². The number of hydrogen-bond donors (Lipinski definition) is 1. The number of nitrogens with one attached hydrogen (secondary N) is 1. The fourth-order valence-corrected chi connectivity index (χ4v) is 4.34. The van der Waals surface area contributed by atoms with Crippen molar-refractivity contribution in [1.82, 2.24) is 5.32 Å². The van der Waals surface area contributed by atoms with Crippen LogP contribution in [0.4, 0.5) is 11.4 Å². The topological polar surface area (TPSA) is 67.6 Å². The van der Waals surface area contributed by atoms with Crippen molar-refractivity contribution in [2.24, 2.45) is 5.41 Å². The number of nitro groups is 1. The van der Waals surface area contributed by atoms with Crippen LogP contribution in [0.15, 0.2) is 16.6 Å². The maximum Gasteiger partial charge on any atom is 0.312 e. The molecule has 0 amide bonds. The molecule has 3 rings (SSSR count). The number of hydrogen-bond acceptors (Lipinski definition) is 5. The fraction of sp³-hybridized carbons (Fsp3) is 0.625. The smallest absolute Gasteiger partial charge is 0.312 e. The molecule has 2 aliphatic heterocycles. The van der Waals surface area contributed by atoms with Crippen molar-refractivity contribution in [1.29, 1.82) is 0 Å². The van der Waals surface area contributed by atoms with Crippen molar-refractivity contribution in [3.8, 4) is 5.75 Å². The summed E-state index contributed by atoms with van der Waals surface area (Å²) >= 11 is 3.49. The lowest BCUT2D eigenvalue weighted by atomic mass is 9.71. The van der Waals surface area contributed by atoms with Crippen LogP contribution in [0.25, 0.3) is 0 Å². The third-order valence-corrected chi connectivity index (χ3v) is 5.91. The van der Waals surface area contributed by atoms with Crippen LogP contribution >= 0.6 is 15.9 Å². The van der Waals surface area contributed by atoms with Gasteiger partial charge in [-0.1, -0.05) is 0 Å². The Bertz CT molecular complexity index is 592. The van der Waals surface area contributed by atoms with E-state index in [4.69, 9.17) is 4.74 Å². The number of rotatable bonds is 3. The average molecular weight is 384 g/mol. The Morgan fingerprint density at radius 1 is 1.26 bits per heavy atom. The van der Waals surface area contributed by atoms with E-state index in [9.17, 15) is 10.1 Å². The predicted octanol–water partition coefficient (Wildman–Crippen LogP) is 3.34. The van der Waals surface area contributed by atoms with Gasteiger partial charge in [-0.2, -0.15) is 0 Å². The van der Waals surface area contributed by atoms with E-state index in [-0.39, 0.29) is 5.69 Å². The van der Waals surface area contributed by atoms with Crippen molar-refractivity contribution < 1.29 is 9.66 Å². The van der Waals surface area contributed by atoms with Gasteiger partial charge in [-0.05, 0) is 60.1 Å². The second-order valence-corrected chi connectivity index (χ2v) is 7.32. The number of benzene rings is 1. The summed E-state index contributed by atoms with van der Waals surface area (Å²) in [5.74, 6) is 0.315. The zero-order chi connectivity index (χ0) is 16.4. The van der Waals surface area contributed by atoms with E-state index >= 15 is 0 Å². The third-order valence-electron chi connectivity index (χ3n) is 5.27. The molecule has 2 heterocycles. The Kier molecular flexibility index (Phi) is 4.77. The largest absolute Gasteiger partial charge is 0.490 e. The number of anilines is 1. The standard InChI is InChI=1S/C16H22BrN3O3/c1-23-15-11-13(12(17)10-14(15)20(21)22)19-8-4-16(5-9-19)2-6-18-7-3-16/h10-11,18H,2-9H2,1H3. The molecule has 0 aromatic heterocycles. The molecule has 0 radical (unpaired) electrons. The maximum atomic E-state index is 11.1. The van der Waals surface area contributed by atoms with Crippen molar-refractivity contribution in [2.75, 3.05) is 38.2 Å². The SMILES string of the molecule is COc1cc(N2CCC3(CCNCC3)CC2)c(Br)cc1[N+](=O)[O-]. The van der Waals surface area contributed by atoms with E-state index in [1.165, 1.54) is 32.8 Å². The highest BCUT2D eigenvalue weighted by atomic mass is 79.9. The normalized spacial score (nSPS) is 20.5. The summed E-state index contributed by atoms with van der Waals surface area (Å²) < 4.78 is 5.96. The number of ether oxygens (including phenoxy) is 1. The number of nitrogens with zero attached hydrogens (tertiary/aromatic N) is 2. The molecule has 0 unspecified atom stereocenters. The average Bonchev–Trinajstić information content (AvgIpc) is 2.56. The molecule has 0 saturated carbocycles. The molecular weight excluding hydrogens is 362 g/mol. The predicted molar refractivity (Wildman–Crippen MR) is 93.3 cm³/mol. The van der Waals surface area contributed by atoms with Crippen molar-refractivity contribution in [3.05, 3.63) is 26.7 Å². The van der Waals surface area contributed by atoms with Gasteiger partial charge in [-0.3, -0.25) is 10.1 Å². The molecule has 126 valence electrons. The van der Waals surface area contributed by atoms with Crippen LogP contribution in [-0.2, 0) is 0 Å². The van der Waals surface area contributed by atoms with Gasteiger partial charge < -0.3 is 15.0 Å². The zero-order valence-electron chi connectivity index (χ0n) is 13.3. The van der Waals surface area contributed by atoms with E-state index in [1.807, 2.05) is 0 Å². The van der Waals surface area contributed by atoms with Crippen molar-refractivity contribution in [3.63, 3.8) is 0 Å². The number of methoxy groups -OCH3 is 1. The minimum atomic E-state index is -0.409. The summed E-state index contributed by atoms with van der Waals surface area (Å²) in [6.45, 7) is 4.21. The molecule has 1 aromatic carbocycles. The first-order valence-electron chi connectivity index (χ1n) is 8.02. The Morgan fingerprint density at radius 2 is 1.91 bits per heavy atom. The molecular formula is C16H22BrN3O3. The monoisotopic (exact) mass is 383 g/mol.